The lowest BCUT2D eigenvalue weighted by Crippen LogP contribution is -2.31. The highest BCUT2D eigenvalue weighted by Gasteiger charge is 2.16. The third-order valence-electron chi connectivity index (χ3n) is 4.17. The van der Waals surface area contributed by atoms with Gasteiger partial charge in [-0.3, -0.25) is 9.59 Å². The fraction of sp³-hybridized carbons (Fsp3) is 0.300. The van der Waals surface area contributed by atoms with Gasteiger partial charge in [0.1, 0.15) is 0 Å². The summed E-state index contributed by atoms with van der Waals surface area (Å²) in [5, 5.41) is 8.73. The summed E-state index contributed by atoms with van der Waals surface area (Å²) in [5.74, 6) is -0.284. The first-order valence-corrected chi connectivity index (χ1v) is 8.79. The number of carbonyl (C=O) groups excluding carboxylic acids is 2. The van der Waals surface area contributed by atoms with Crippen LogP contribution in [0, 0.1) is 0 Å². The van der Waals surface area contributed by atoms with E-state index in [1.165, 1.54) is 0 Å². The van der Waals surface area contributed by atoms with Crippen LogP contribution in [0.4, 0.5) is 11.4 Å². The molecule has 2 aromatic rings. The maximum atomic E-state index is 12.1. The van der Waals surface area contributed by atoms with Crippen molar-refractivity contribution in [3.63, 3.8) is 0 Å². The summed E-state index contributed by atoms with van der Waals surface area (Å²) in [4.78, 5) is 24.1. The number of benzene rings is 2. The molecule has 0 spiro atoms. The van der Waals surface area contributed by atoms with E-state index in [-0.39, 0.29) is 24.5 Å². The van der Waals surface area contributed by atoms with Gasteiger partial charge in [0.2, 0.25) is 5.91 Å². The molecule has 1 atom stereocenters. The van der Waals surface area contributed by atoms with E-state index in [0.29, 0.717) is 17.8 Å². The maximum absolute atomic E-state index is 12.1. The van der Waals surface area contributed by atoms with E-state index in [0.717, 1.165) is 25.1 Å². The van der Waals surface area contributed by atoms with Gasteiger partial charge in [0.05, 0.1) is 12.6 Å². The first-order valence-electron chi connectivity index (χ1n) is 8.79. The van der Waals surface area contributed by atoms with Gasteiger partial charge in [-0.1, -0.05) is 18.2 Å². The molecule has 2 aromatic carbocycles. The Morgan fingerprint density at radius 3 is 2.46 bits per heavy atom. The van der Waals surface area contributed by atoms with Crippen molar-refractivity contribution in [3.8, 4) is 0 Å². The van der Waals surface area contributed by atoms with Crippen LogP contribution in [0.15, 0.2) is 54.6 Å². The van der Waals surface area contributed by atoms with Crippen LogP contribution in [-0.4, -0.2) is 37.6 Å². The first kappa shape index (κ1) is 17.9. The highest BCUT2D eigenvalue weighted by Crippen LogP contribution is 2.12. The average Bonchev–Trinajstić information content (AvgIpc) is 3.19. The van der Waals surface area contributed by atoms with Crippen LogP contribution in [0.5, 0.6) is 0 Å². The van der Waals surface area contributed by atoms with E-state index in [1.807, 2.05) is 30.3 Å². The number of anilines is 2. The first-order chi connectivity index (χ1) is 12.7. The van der Waals surface area contributed by atoms with Crippen LogP contribution in [-0.2, 0) is 9.53 Å². The van der Waals surface area contributed by atoms with Gasteiger partial charge >= 0.3 is 0 Å². The second-order valence-electron chi connectivity index (χ2n) is 6.19. The molecule has 26 heavy (non-hydrogen) atoms. The number of para-hydroxylation sites is 1. The van der Waals surface area contributed by atoms with Gasteiger partial charge < -0.3 is 20.7 Å². The SMILES string of the molecule is O=C(CNc1ccccc1)Nc1ccc(C(=O)NCC2CCCO2)cc1. The molecule has 1 saturated heterocycles. The molecule has 0 saturated carbocycles. The van der Waals surface area contributed by atoms with Crippen molar-refractivity contribution in [2.24, 2.45) is 0 Å². The van der Waals surface area contributed by atoms with Gasteiger partial charge in [-0.2, -0.15) is 0 Å². The lowest BCUT2D eigenvalue weighted by Gasteiger charge is -2.11. The Labute approximate surface area is 152 Å². The predicted molar refractivity (Wildman–Crippen MR) is 101 cm³/mol. The van der Waals surface area contributed by atoms with Crippen LogP contribution >= 0.6 is 0 Å². The van der Waals surface area contributed by atoms with Gasteiger partial charge in [-0.15, -0.1) is 0 Å². The molecular formula is C20H23N3O3. The summed E-state index contributed by atoms with van der Waals surface area (Å²) >= 11 is 0. The van der Waals surface area contributed by atoms with Crippen LogP contribution in [0.2, 0.25) is 0 Å². The zero-order valence-corrected chi connectivity index (χ0v) is 14.5. The summed E-state index contributed by atoms with van der Waals surface area (Å²) in [5.41, 5.74) is 2.10. The molecule has 1 unspecified atom stereocenters. The Morgan fingerprint density at radius 1 is 1.00 bits per heavy atom. The van der Waals surface area contributed by atoms with Crippen molar-refractivity contribution in [1.82, 2.24) is 5.32 Å². The summed E-state index contributed by atoms with van der Waals surface area (Å²) in [7, 11) is 0. The van der Waals surface area contributed by atoms with E-state index in [4.69, 9.17) is 4.74 Å². The molecule has 1 fully saturated rings. The Hall–Kier alpha value is -2.86. The number of carbonyl (C=O) groups is 2. The molecule has 6 nitrogen and oxygen atoms in total. The Balaban J connectivity index is 1.44. The average molecular weight is 353 g/mol. The topological polar surface area (TPSA) is 79.5 Å². The largest absolute Gasteiger partial charge is 0.376 e. The van der Waals surface area contributed by atoms with Crippen molar-refractivity contribution < 1.29 is 14.3 Å². The van der Waals surface area contributed by atoms with Crippen LogP contribution in [0.1, 0.15) is 23.2 Å². The van der Waals surface area contributed by atoms with Crippen LogP contribution in [0.25, 0.3) is 0 Å². The lowest BCUT2D eigenvalue weighted by atomic mass is 10.2. The highest BCUT2D eigenvalue weighted by atomic mass is 16.5. The number of hydrogen-bond donors (Lipinski definition) is 3. The molecule has 136 valence electrons. The number of ether oxygens (including phenoxy) is 1. The molecule has 1 heterocycles. The van der Waals surface area contributed by atoms with Crippen molar-refractivity contribution in [1.29, 1.82) is 0 Å². The molecule has 0 radical (unpaired) electrons. The predicted octanol–water partition coefficient (Wildman–Crippen LogP) is 2.65. The molecule has 0 bridgehead atoms. The zero-order valence-electron chi connectivity index (χ0n) is 14.5. The Bertz CT molecular complexity index is 726. The molecule has 6 heteroatoms. The van der Waals surface area contributed by atoms with Gasteiger partial charge in [0, 0.05) is 30.1 Å². The Morgan fingerprint density at radius 2 is 1.77 bits per heavy atom. The third kappa shape index (κ3) is 5.32. The van der Waals surface area contributed by atoms with Gasteiger partial charge in [0.25, 0.3) is 5.91 Å². The molecule has 1 aliphatic rings. The third-order valence-corrected chi connectivity index (χ3v) is 4.17. The molecule has 0 aliphatic carbocycles. The van der Waals surface area contributed by atoms with Crippen molar-refractivity contribution in [2.45, 2.75) is 18.9 Å². The van der Waals surface area contributed by atoms with E-state index < -0.39 is 0 Å². The fourth-order valence-electron chi connectivity index (χ4n) is 2.76. The zero-order chi connectivity index (χ0) is 18.2. The highest BCUT2D eigenvalue weighted by molar-refractivity contribution is 5.96. The number of hydrogen-bond acceptors (Lipinski definition) is 4. The van der Waals surface area contributed by atoms with Crippen molar-refractivity contribution >= 4 is 23.2 Å². The monoisotopic (exact) mass is 353 g/mol. The molecule has 3 rings (SSSR count). The molecular weight excluding hydrogens is 330 g/mol. The quantitative estimate of drug-likeness (QED) is 0.715. The Kier molecular flexibility index (Phi) is 6.22. The minimum atomic E-state index is -0.149. The number of amides is 2. The molecule has 1 aliphatic heterocycles. The molecule has 2 amide bonds. The summed E-state index contributed by atoms with van der Waals surface area (Å²) in [6.07, 6.45) is 2.16. The summed E-state index contributed by atoms with van der Waals surface area (Å²) in [6.45, 7) is 1.48. The minimum absolute atomic E-state index is 0.120. The smallest absolute Gasteiger partial charge is 0.251 e. The van der Waals surface area contributed by atoms with Gasteiger partial charge in [0.15, 0.2) is 0 Å². The van der Waals surface area contributed by atoms with Crippen molar-refractivity contribution in [3.05, 3.63) is 60.2 Å². The standard InChI is InChI=1S/C20H23N3O3/c24-19(14-21-16-5-2-1-3-6-16)23-17-10-8-15(9-11-17)20(25)22-13-18-7-4-12-26-18/h1-3,5-6,8-11,18,21H,4,7,12-14H2,(H,22,25)(H,23,24). The fourth-order valence-corrected chi connectivity index (χ4v) is 2.76. The van der Waals surface area contributed by atoms with E-state index >= 15 is 0 Å². The van der Waals surface area contributed by atoms with Gasteiger partial charge in [-0.05, 0) is 49.2 Å². The van der Waals surface area contributed by atoms with Gasteiger partial charge in [-0.25, -0.2) is 0 Å². The van der Waals surface area contributed by atoms with Crippen molar-refractivity contribution in [2.75, 3.05) is 30.3 Å². The van der Waals surface area contributed by atoms with E-state index in [1.54, 1.807) is 24.3 Å². The summed E-state index contributed by atoms with van der Waals surface area (Å²) < 4.78 is 5.49. The second kappa shape index (κ2) is 9.01. The minimum Gasteiger partial charge on any atom is -0.376 e. The lowest BCUT2D eigenvalue weighted by molar-refractivity contribution is -0.114. The number of rotatable bonds is 7. The number of nitrogens with one attached hydrogen (secondary N) is 3. The maximum Gasteiger partial charge on any atom is 0.251 e. The van der Waals surface area contributed by atoms with Crippen LogP contribution in [0.3, 0.4) is 0 Å². The molecule has 0 aromatic heterocycles. The second-order valence-corrected chi connectivity index (χ2v) is 6.19. The van der Waals surface area contributed by atoms with Crippen LogP contribution < -0.4 is 16.0 Å². The van der Waals surface area contributed by atoms with E-state index in [2.05, 4.69) is 16.0 Å². The normalized spacial score (nSPS) is 16.1. The van der Waals surface area contributed by atoms with E-state index in [9.17, 15) is 9.59 Å². The summed E-state index contributed by atoms with van der Waals surface area (Å²) in [6, 6.07) is 16.4. The molecule has 3 N–H and O–H groups in total.